The molecule has 0 saturated carbocycles. The predicted molar refractivity (Wildman–Crippen MR) is 79.0 cm³/mol. The summed E-state index contributed by atoms with van der Waals surface area (Å²) in [5, 5.41) is 10.3. The zero-order valence-corrected chi connectivity index (χ0v) is 13.2. The second-order valence-electron chi connectivity index (χ2n) is 6.71. The SMILES string of the molecule is CC(C)Cc1noc(CNC2C(=O)NCC23CCOCC3)n1. The Bertz CT molecular complexity index is 523. The fourth-order valence-electron chi connectivity index (χ4n) is 3.30. The minimum Gasteiger partial charge on any atom is -0.381 e. The third kappa shape index (κ3) is 3.15. The number of carbonyl (C=O) groups is 1. The number of amides is 1. The topological polar surface area (TPSA) is 89.3 Å². The van der Waals surface area contributed by atoms with Gasteiger partial charge < -0.3 is 14.6 Å². The molecule has 22 heavy (non-hydrogen) atoms. The maximum absolute atomic E-state index is 12.1. The van der Waals surface area contributed by atoms with Crippen LogP contribution in [0.4, 0.5) is 0 Å². The molecule has 0 bridgehead atoms. The number of hydrogen-bond acceptors (Lipinski definition) is 6. The zero-order chi connectivity index (χ0) is 15.6. The Hall–Kier alpha value is -1.47. The van der Waals surface area contributed by atoms with Crippen molar-refractivity contribution in [2.24, 2.45) is 11.3 Å². The Morgan fingerprint density at radius 3 is 2.91 bits per heavy atom. The van der Waals surface area contributed by atoms with Gasteiger partial charge in [-0.15, -0.1) is 0 Å². The van der Waals surface area contributed by atoms with E-state index in [1.807, 2.05) is 0 Å². The van der Waals surface area contributed by atoms with Crippen LogP contribution < -0.4 is 10.6 Å². The number of hydrogen-bond donors (Lipinski definition) is 2. The molecule has 2 aliphatic rings. The highest BCUT2D eigenvalue weighted by molar-refractivity contribution is 5.85. The van der Waals surface area contributed by atoms with Gasteiger partial charge in [-0.2, -0.15) is 4.98 Å². The number of ether oxygens (including phenoxy) is 1. The van der Waals surface area contributed by atoms with Crippen molar-refractivity contribution in [3.05, 3.63) is 11.7 Å². The van der Waals surface area contributed by atoms with Crippen molar-refractivity contribution in [3.63, 3.8) is 0 Å². The molecule has 1 atom stereocenters. The summed E-state index contributed by atoms with van der Waals surface area (Å²) in [6, 6.07) is -0.211. The monoisotopic (exact) mass is 308 g/mol. The molecule has 2 aliphatic heterocycles. The van der Waals surface area contributed by atoms with Crippen molar-refractivity contribution < 1.29 is 14.1 Å². The fourth-order valence-corrected chi connectivity index (χ4v) is 3.30. The van der Waals surface area contributed by atoms with E-state index in [0.717, 1.165) is 31.6 Å². The van der Waals surface area contributed by atoms with E-state index in [1.54, 1.807) is 0 Å². The van der Waals surface area contributed by atoms with E-state index in [2.05, 4.69) is 34.6 Å². The molecule has 0 radical (unpaired) electrons. The van der Waals surface area contributed by atoms with E-state index in [-0.39, 0.29) is 17.4 Å². The Morgan fingerprint density at radius 1 is 1.41 bits per heavy atom. The number of carbonyl (C=O) groups excluding carboxylic acids is 1. The van der Waals surface area contributed by atoms with Crippen molar-refractivity contribution in [3.8, 4) is 0 Å². The molecular formula is C15H24N4O3. The van der Waals surface area contributed by atoms with E-state index in [0.29, 0.717) is 31.6 Å². The van der Waals surface area contributed by atoms with Crippen LogP contribution >= 0.6 is 0 Å². The Labute approximate surface area is 130 Å². The molecule has 1 amide bonds. The highest BCUT2D eigenvalue weighted by Crippen LogP contribution is 2.37. The normalized spacial score (nSPS) is 24.1. The predicted octanol–water partition coefficient (Wildman–Crippen LogP) is 0.653. The molecule has 7 heteroatoms. The molecule has 1 unspecified atom stereocenters. The van der Waals surface area contributed by atoms with Gasteiger partial charge in [0.15, 0.2) is 5.82 Å². The summed E-state index contributed by atoms with van der Waals surface area (Å²) in [6.45, 7) is 6.80. The van der Waals surface area contributed by atoms with Crippen LogP contribution in [0.2, 0.25) is 0 Å². The van der Waals surface area contributed by atoms with Crippen molar-refractivity contribution >= 4 is 5.91 Å². The number of nitrogens with zero attached hydrogens (tertiary/aromatic N) is 2. The first-order valence-corrected chi connectivity index (χ1v) is 7.99. The lowest BCUT2D eigenvalue weighted by Crippen LogP contribution is -2.49. The van der Waals surface area contributed by atoms with Crippen molar-refractivity contribution in [1.82, 2.24) is 20.8 Å². The zero-order valence-electron chi connectivity index (χ0n) is 13.2. The summed E-state index contributed by atoms with van der Waals surface area (Å²) in [5.74, 6) is 1.81. The lowest BCUT2D eigenvalue weighted by atomic mass is 9.76. The van der Waals surface area contributed by atoms with Crippen molar-refractivity contribution in [2.75, 3.05) is 19.8 Å². The van der Waals surface area contributed by atoms with Gasteiger partial charge in [0.2, 0.25) is 11.8 Å². The molecule has 2 fully saturated rings. The van der Waals surface area contributed by atoms with Crippen LogP contribution in [-0.2, 0) is 22.5 Å². The number of nitrogens with one attached hydrogen (secondary N) is 2. The molecule has 1 aromatic heterocycles. The molecule has 2 N–H and O–H groups in total. The molecule has 2 saturated heterocycles. The van der Waals surface area contributed by atoms with Gasteiger partial charge in [0.05, 0.1) is 12.6 Å². The van der Waals surface area contributed by atoms with Gasteiger partial charge in [0.1, 0.15) is 0 Å². The summed E-state index contributed by atoms with van der Waals surface area (Å²) in [6.07, 6.45) is 2.59. The molecule has 0 aliphatic carbocycles. The summed E-state index contributed by atoms with van der Waals surface area (Å²) < 4.78 is 10.7. The maximum Gasteiger partial charge on any atom is 0.240 e. The Morgan fingerprint density at radius 2 is 2.18 bits per heavy atom. The van der Waals surface area contributed by atoms with Crippen LogP contribution in [0.25, 0.3) is 0 Å². The molecule has 122 valence electrons. The van der Waals surface area contributed by atoms with Crippen LogP contribution in [0.15, 0.2) is 4.52 Å². The van der Waals surface area contributed by atoms with Crippen molar-refractivity contribution in [2.45, 2.75) is 45.7 Å². The van der Waals surface area contributed by atoms with Gasteiger partial charge in [-0.25, -0.2) is 0 Å². The summed E-state index contributed by atoms with van der Waals surface area (Å²) in [7, 11) is 0. The first kappa shape index (κ1) is 15.4. The second kappa shape index (κ2) is 6.34. The standard InChI is InChI=1S/C15H24N4O3/c1-10(2)7-11-18-12(22-19-11)8-16-13-14(20)17-9-15(13)3-5-21-6-4-15/h10,13,16H,3-9H2,1-2H3,(H,17,20). The first-order chi connectivity index (χ1) is 10.6. The molecule has 1 aromatic rings. The molecule has 7 nitrogen and oxygen atoms in total. The minimum absolute atomic E-state index is 0.0455. The van der Waals surface area contributed by atoms with E-state index < -0.39 is 0 Å². The number of aromatic nitrogens is 2. The van der Waals surface area contributed by atoms with Gasteiger partial charge in [-0.3, -0.25) is 10.1 Å². The molecule has 3 heterocycles. The maximum atomic E-state index is 12.1. The van der Waals surface area contributed by atoms with Gasteiger partial charge in [0.25, 0.3) is 0 Å². The second-order valence-corrected chi connectivity index (χ2v) is 6.71. The number of rotatable bonds is 5. The average molecular weight is 308 g/mol. The third-order valence-corrected chi connectivity index (χ3v) is 4.54. The van der Waals surface area contributed by atoms with Crippen LogP contribution in [0.5, 0.6) is 0 Å². The van der Waals surface area contributed by atoms with Crippen LogP contribution in [0.1, 0.15) is 38.4 Å². The third-order valence-electron chi connectivity index (χ3n) is 4.54. The Balaban J connectivity index is 1.61. The quantitative estimate of drug-likeness (QED) is 0.830. The molecule has 1 spiro atoms. The molecular weight excluding hydrogens is 284 g/mol. The average Bonchev–Trinajstić information content (AvgIpc) is 3.04. The molecule has 0 aromatic carbocycles. The van der Waals surface area contributed by atoms with Gasteiger partial charge in [0, 0.05) is 31.6 Å². The van der Waals surface area contributed by atoms with Gasteiger partial charge in [-0.1, -0.05) is 19.0 Å². The summed E-state index contributed by atoms with van der Waals surface area (Å²) in [4.78, 5) is 16.5. The lowest BCUT2D eigenvalue weighted by molar-refractivity contribution is -0.122. The minimum atomic E-state index is -0.211. The first-order valence-electron chi connectivity index (χ1n) is 7.99. The summed E-state index contributed by atoms with van der Waals surface area (Å²) >= 11 is 0. The van der Waals surface area contributed by atoms with Crippen LogP contribution in [0, 0.1) is 11.3 Å². The van der Waals surface area contributed by atoms with Crippen LogP contribution in [0.3, 0.4) is 0 Å². The summed E-state index contributed by atoms with van der Waals surface area (Å²) in [5.41, 5.74) is -0.0455. The van der Waals surface area contributed by atoms with Crippen LogP contribution in [-0.4, -0.2) is 41.8 Å². The lowest BCUT2D eigenvalue weighted by Gasteiger charge is -2.36. The van der Waals surface area contributed by atoms with Gasteiger partial charge in [-0.05, 0) is 18.8 Å². The van der Waals surface area contributed by atoms with E-state index in [9.17, 15) is 4.79 Å². The van der Waals surface area contributed by atoms with Gasteiger partial charge >= 0.3 is 0 Å². The fraction of sp³-hybridized carbons (Fsp3) is 0.800. The van der Waals surface area contributed by atoms with E-state index in [1.165, 1.54) is 0 Å². The Kier molecular flexibility index (Phi) is 4.44. The smallest absolute Gasteiger partial charge is 0.240 e. The highest BCUT2D eigenvalue weighted by atomic mass is 16.5. The largest absolute Gasteiger partial charge is 0.381 e. The highest BCUT2D eigenvalue weighted by Gasteiger charge is 2.48. The molecule has 3 rings (SSSR count). The van der Waals surface area contributed by atoms with E-state index in [4.69, 9.17) is 9.26 Å². The van der Waals surface area contributed by atoms with Crippen molar-refractivity contribution in [1.29, 1.82) is 0 Å². The van der Waals surface area contributed by atoms with E-state index >= 15 is 0 Å².